The smallest absolute Gasteiger partial charge is 0.258 e. The van der Waals surface area contributed by atoms with Crippen molar-refractivity contribution >= 4 is 20.6 Å². The van der Waals surface area contributed by atoms with Crippen LogP contribution in [0.4, 0.5) is 4.39 Å². The number of benzene rings is 2. The van der Waals surface area contributed by atoms with Gasteiger partial charge < -0.3 is 4.57 Å². The zero-order chi connectivity index (χ0) is 21.4. The van der Waals surface area contributed by atoms with E-state index in [4.69, 9.17) is 5.26 Å². The molecule has 0 aliphatic heterocycles. The number of halogens is 1. The van der Waals surface area contributed by atoms with Crippen molar-refractivity contribution in [3.63, 3.8) is 0 Å². The molecule has 2 aromatic carbocycles. The lowest BCUT2D eigenvalue weighted by Crippen LogP contribution is -2.33. The standard InChI is InChI=1S/C22H21FN2O3S/c1-22(2,29(3,27)28)9-11-25-10-8-17-13-16(5-7-19(17)21(25)26)18-6-4-15(14-24)12-20(18)23/h4-8,10,12-13H,9,11H2,1-3H3. The molecule has 3 rings (SSSR count). The van der Waals surface area contributed by atoms with Crippen LogP contribution in [0.15, 0.2) is 53.5 Å². The summed E-state index contributed by atoms with van der Waals surface area (Å²) in [5.41, 5.74) is 0.977. The van der Waals surface area contributed by atoms with Crippen LogP contribution in [0, 0.1) is 17.1 Å². The van der Waals surface area contributed by atoms with E-state index in [9.17, 15) is 17.6 Å². The van der Waals surface area contributed by atoms with Crippen molar-refractivity contribution < 1.29 is 12.8 Å². The fraction of sp³-hybridized carbons (Fsp3) is 0.273. The second kappa shape index (κ2) is 7.45. The van der Waals surface area contributed by atoms with Crippen LogP contribution in [-0.2, 0) is 16.4 Å². The molecule has 5 nitrogen and oxygen atoms in total. The van der Waals surface area contributed by atoms with Gasteiger partial charge in [0, 0.05) is 29.9 Å². The van der Waals surface area contributed by atoms with E-state index in [0.29, 0.717) is 28.3 Å². The number of pyridine rings is 1. The summed E-state index contributed by atoms with van der Waals surface area (Å²) in [7, 11) is -3.24. The third-order valence-corrected chi connectivity index (χ3v) is 7.56. The molecule has 0 N–H and O–H groups in total. The molecule has 0 radical (unpaired) electrons. The molecule has 0 spiro atoms. The number of hydrogen-bond acceptors (Lipinski definition) is 4. The average Bonchev–Trinajstić information content (AvgIpc) is 2.66. The van der Waals surface area contributed by atoms with Gasteiger partial charge in [0.25, 0.3) is 5.56 Å². The molecule has 0 amide bonds. The minimum absolute atomic E-state index is 0.223. The van der Waals surface area contributed by atoms with Gasteiger partial charge in [-0.1, -0.05) is 12.1 Å². The Morgan fingerprint density at radius 1 is 1.14 bits per heavy atom. The highest BCUT2D eigenvalue weighted by molar-refractivity contribution is 7.92. The van der Waals surface area contributed by atoms with Crippen LogP contribution in [0.25, 0.3) is 21.9 Å². The highest BCUT2D eigenvalue weighted by Gasteiger charge is 2.29. The van der Waals surface area contributed by atoms with Crippen LogP contribution in [0.2, 0.25) is 0 Å². The zero-order valence-electron chi connectivity index (χ0n) is 16.4. The second-order valence-corrected chi connectivity index (χ2v) is 10.4. The van der Waals surface area contributed by atoms with Gasteiger partial charge in [0.2, 0.25) is 0 Å². The van der Waals surface area contributed by atoms with E-state index in [1.54, 1.807) is 56.4 Å². The Labute approximate surface area is 168 Å². The van der Waals surface area contributed by atoms with Gasteiger partial charge >= 0.3 is 0 Å². The topological polar surface area (TPSA) is 79.9 Å². The zero-order valence-corrected chi connectivity index (χ0v) is 17.3. The Morgan fingerprint density at radius 3 is 2.48 bits per heavy atom. The predicted molar refractivity (Wildman–Crippen MR) is 112 cm³/mol. The van der Waals surface area contributed by atoms with Crippen LogP contribution in [0.3, 0.4) is 0 Å². The Morgan fingerprint density at radius 2 is 1.86 bits per heavy atom. The molecular formula is C22H21FN2O3S. The van der Waals surface area contributed by atoms with Crippen molar-refractivity contribution in [1.29, 1.82) is 5.26 Å². The molecule has 1 aromatic heterocycles. The third-order valence-electron chi connectivity index (χ3n) is 5.34. The Balaban J connectivity index is 1.96. The Kier molecular flexibility index (Phi) is 5.33. The second-order valence-electron chi connectivity index (χ2n) is 7.70. The molecule has 0 fully saturated rings. The summed E-state index contributed by atoms with van der Waals surface area (Å²) >= 11 is 0. The number of aromatic nitrogens is 1. The van der Waals surface area contributed by atoms with E-state index in [1.165, 1.54) is 16.9 Å². The highest BCUT2D eigenvalue weighted by Crippen LogP contribution is 2.26. The van der Waals surface area contributed by atoms with E-state index in [-0.39, 0.29) is 17.7 Å². The molecular weight excluding hydrogens is 391 g/mol. The molecule has 150 valence electrons. The highest BCUT2D eigenvalue weighted by atomic mass is 32.2. The first-order valence-corrected chi connectivity index (χ1v) is 11.0. The number of fused-ring (bicyclic) bond motifs is 1. The van der Waals surface area contributed by atoms with Gasteiger partial charge in [-0.15, -0.1) is 0 Å². The third kappa shape index (κ3) is 4.08. The van der Waals surface area contributed by atoms with E-state index >= 15 is 0 Å². The number of rotatable bonds is 5. The van der Waals surface area contributed by atoms with Crippen molar-refractivity contribution in [3.05, 3.63) is 70.4 Å². The largest absolute Gasteiger partial charge is 0.315 e. The molecule has 29 heavy (non-hydrogen) atoms. The molecule has 0 aliphatic carbocycles. The average molecular weight is 412 g/mol. The molecule has 0 aliphatic rings. The maximum absolute atomic E-state index is 14.3. The monoisotopic (exact) mass is 412 g/mol. The summed E-state index contributed by atoms with van der Waals surface area (Å²) in [4.78, 5) is 12.8. The van der Waals surface area contributed by atoms with Crippen LogP contribution < -0.4 is 5.56 Å². The molecule has 0 saturated heterocycles. The van der Waals surface area contributed by atoms with Gasteiger partial charge in [0.1, 0.15) is 5.82 Å². The number of aryl methyl sites for hydroxylation is 1. The summed E-state index contributed by atoms with van der Waals surface area (Å²) in [6.07, 6.45) is 3.13. The lowest BCUT2D eigenvalue weighted by atomic mass is 10.0. The minimum atomic E-state index is -3.24. The molecule has 0 unspecified atom stereocenters. The van der Waals surface area contributed by atoms with E-state index < -0.39 is 20.4 Å². The number of hydrogen-bond donors (Lipinski definition) is 0. The predicted octanol–water partition coefficient (Wildman–Crippen LogP) is 3.89. The van der Waals surface area contributed by atoms with Gasteiger partial charge in [-0.3, -0.25) is 4.79 Å². The number of nitriles is 1. The first kappa shape index (κ1) is 20.7. The summed E-state index contributed by atoms with van der Waals surface area (Å²) in [5, 5.41) is 10.0. The lowest BCUT2D eigenvalue weighted by molar-refractivity contribution is 0.496. The van der Waals surface area contributed by atoms with Crippen molar-refractivity contribution in [2.75, 3.05) is 6.26 Å². The minimum Gasteiger partial charge on any atom is -0.315 e. The normalized spacial score (nSPS) is 12.1. The molecule has 7 heteroatoms. The maximum Gasteiger partial charge on any atom is 0.258 e. The number of nitrogens with zero attached hydrogens (tertiary/aromatic N) is 2. The van der Waals surface area contributed by atoms with E-state index in [0.717, 1.165) is 0 Å². The SMILES string of the molecule is CC(C)(CCn1ccc2cc(-c3ccc(C#N)cc3F)ccc2c1=O)S(C)(=O)=O. The lowest BCUT2D eigenvalue weighted by Gasteiger charge is -2.22. The maximum atomic E-state index is 14.3. The van der Waals surface area contributed by atoms with Crippen molar-refractivity contribution in [2.45, 2.75) is 31.6 Å². The summed E-state index contributed by atoms with van der Waals surface area (Å²) in [6.45, 7) is 3.57. The van der Waals surface area contributed by atoms with Crippen LogP contribution in [0.1, 0.15) is 25.8 Å². The Bertz CT molecular complexity index is 1300. The van der Waals surface area contributed by atoms with Crippen molar-refractivity contribution in [1.82, 2.24) is 4.57 Å². The molecule has 3 aromatic rings. The van der Waals surface area contributed by atoms with E-state index in [2.05, 4.69) is 0 Å². The quantitative estimate of drug-likeness (QED) is 0.637. The fourth-order valence-electron chi connectivity index (χ4n) is 3.03. The van der Waals surface area contributed by atoms with Crippen molar-refractivity contribution in [3.8, 4) is 17.2 Å². The first-order valence-electron chi connectivity index (χ1n) is 9.06. The summed E-state index contributed by atoms with van der Waals surface area (Å²) < 4.78 is 38.6. The summed E-state index contributed by atoms with van der Waals surface area (Å²) in [5.74, 6) is -0.500. The molecule has 0 atom stereocenters. The van der Waals surface area contributed by atoms with Gasteiger partial charge in [0.05, 0.1) is 16.4 Å². The molecule has 0 bridgehead atoms. The van der Waals surface area contributed by atoms with Crippen LogP contribution >= 0.6 is 0 Å². The Hall–Kier alpha value is -2.98. The van der Waals surface area contributed by atoms with Crippen molar-refractivity contribution in [2.24, 2.45) is 0 Å². The summed E-state index contributed by atoms with van der Waals surface area (Å²) in [6, 6.07) is 13.0. The van der Waals surface area contributed by atoms with Gasteiger partial charge in [-0.25, -0.2) is 12.8 Å². The van der Waals surface area contributed by atoms with Gasteiger partial charge in [-0.2, -0.15) is 5.26 Å². The van der Waals surface area contributed by atoms with Crippen LogP contribution in [0.5, 0.6) is 0 Å². The van der Waals surface area contributed by atoms with Gasteiger partial charge in [-0.05, 0) is 61.5 Å². The van der Waals surface area contributed by atoms with E-state index in [1.807, 2.05) is 6.07 Å². The molecule has 0 saturated carbocycles. The fourth-order valence-corrected chi connectivity index (χ4v) is 3.49. The number of sulfone groups is 1. The van der Waals surface area contributed by atoms with Gasteiger partial charge in [0.15, 0.2) is 9.84 Å². The van der Waals surface area contributed by atoms with Crippen LogP contribution in [-0.4, -0.2) is 24.0 Å². The molecule has 1 heterocycles. The first-order chi connectivity index (χ1) is 13.5.